The predicted molar refractivity (Wildman–Crippen MR) is 86.9 cm³/mol. The Morgan fingerprint density at radius 2 is 1.84 bits per heavy atom. The van der Waals surface area contributed by atoms with E-state index in [9.17, 15) is 30.3 Å². The van der Waals surface area contributed by atoms with Gasteiger partial charge in [0, 0.05) is 36.1 Å². The first kappa shape index (κ1) is 16.9. The van der Waals surface area contributed by atoms with Crippen LogP contribution in [0, 0.1) is 0 Å². The molecule has 0 saturated carbocycles. The SMILES string of the molecule is CCC(=O)C1(c2ccc(O)c(O)c2)Oc2cc(O)cc(O)c2CC1O. The summed E-state index contributed by atoms with van der Waals surface area (Å²) in [6, 6.07) is 6.09. The lowest BCUT2D eigenvalue weighted by atomic mass is 9.78. The molecule has 0 radical (unpaired) electrons. The number of phenolic OH excluding ortho intramolecular Hbond substituents is 4. The molecule has 5 N–H and O–H groups in total. The standard InChI is InChI=1S/C18H18O7/c1-2-16(23)18(9-3-4-12(20)14(22)5-9)17(24)8-11-13(21)6-10(19)7-15(11)25-18/h3-7,17,19-22,24H,2,8H2,1H3. The third-order valence-electron chi connectivity index (χ3n) is 4.45. The Bertz CT molecular complexity index is 846. The van der Waals surface area contributed by atoms with Crippen molar-refractivity contribution in [1.82, 2.24) is 0 Å². The minimum Gasteiger partial charge on any atom is -0.508 e. The first-order chi connectivity index (χ1) is 11.8. The van der Waals surface area contributed by atoms with Crippen molar-refractivity contribution < 1.29 is 35.1 Å². The number of benzene rings is 2. The number of ketones is 1. The fourth-order valence-electron chi connectivity index (χ4n) is 3.16. The summed E-state index contributed by atoms with van der Waals surface area (Å²) in [7, 11) is 0. The Kier molecular flexibility index (Phi) is 3.96. The molecule has 3 rings (SSSR count). The first-order valence-electron chi connectivity index (χ1n) is 7.77. The summed E-state index contributed by atoms with van der Waals surface area (Å²) in [5, 5.41) is 49.7. The smallest absolute Gasteiger partial charge is 0.218 e. The molecule has 2 atom stereocenters. The topological polar surface area (TPSA) is 127 Å². The van der Waals surface area contributed by atoms with Crippen LogP contribution < -0.4 is 4.74 Å². The highest BCUT2D eigenvalue weighted by Crippen LogP contribution is 2.46. The normalized spacial score (nSPS) is 22.1. The number of aliphatic hydroxyl groups excluding tert-OH is 1. The number of aliphatic hydroxyl groups is 1. The molecule has 7 nitrogen and oxygen atoms in total. The maximum absolute atomic E-state index is 12.7. The van der Waals surface area contributed by atoms with Gasteiger partial charge in [-0.15, -0.1) is 0 Å². The summed E-state index contributed by atoms with van der Waals surface area (Å²) in [6.45, 7) is 1.61. The second kappa shape index (κ2) is 5.86. The Balaban J connectivity index is 2.22. The molecular weight excluding hydrogens is 328 g/mol. The maximum Gasteiger partial charge on any atom is 0.218 e. The van der Waals surface area contributed by atoms with Crippen molar-refractivity contribution in [2.24, 2.45) is 0 Å². The zero-order chi connectivity index (χ0) is 18.4. The number of carbonyl (C=O) groups excluding carboxylic acids is 1. The second-order valence-corrected chi connectivity index (χ2v) is 5.98. The third-order valence-corrected chi connectivity index (χ3v) is 4.45. The van der Waals surface area contributed by atoms with Gasteiger partial charge in [-0.2, -0.15) is 0 Å². The predicted octanol–water partition coefficient (Wildman–Crippen LogP) is 1.68. The van der Waals surface area contributed by atoms with E-state index < -0.39 is 23.2 Å². The van der Waals surface area contributed by atoms with Crippen molar-refractivity contribution in [3.8, 4) is 28.7 Å². The number of hydrogen-bond donors (Lipinski definition) is 5. The van der Waals surface area contributed by atoms with Crippen molar-refractivity contribution in [2.45, 2.75) is 31.5 Å². The van der Waals surface area contributed by atoms with Crippen LogP contribution in [0.4, 0.5) is 0 Å². The van der Waals surface area contributed by atoms with Gasteiger partial charge in [-0.1, -0.05) is 13.0 Å². The van der Waals surface area contributed by atoms with Gasteiger partial charge in [0.05, 0.1) is 0 Å². The number of Topliss-reactive ketones (excluding diaryl/α,β-unsaturated/α-hetero) is 1. The molecule has 132 valence electrons. The van der Waals surface area contributed by atoms with E-state index in [0.717, 1.165) is 12.1 Å². The van der Waals surface area contributed by atoms with Crippen LogP contribution in [0.3, 0.4) is 0 Å². The summed E-state index contributed by atoms with van der Waals surface area (Å²) in [5.41, 5.74) is -1.39. The quantitative estimate of drug-likeness (QED) is 0.535. The van der Waals surface area contributed by atoms with E-state index in [0.29, 0.717) is 0 Å². The minimum atomic E-state index is -1.83. The lowest BCUT2D eigenvalue weighted by Gasteiger charge is -2.41. The van der Waals surface area contributed by atoms with Crippen LogP contribution in [0.15, 0.2) is 30.3 Å². The van der Waals surface area contributed by atoms with E-state index >= 15 is 0 Å². The van der Waals surface area contributed by atoms with E-state index in [1.54, 1.807) is 6.92 Å². The van der Waals surface area contributed by atoms with E-state index in [2.05, 4.69) is 0 Å². The molecule has 2 aromatic carbocycles. The highest BCUT2D eigenvalue weighted by molar-refractivity contribution is 5.90. The second-order valence-electron chi connectivity index (χ2n) is 5.98. The van der Waals surface area contributed by atoms with Gasteiger partial charge >= 0.3 is 0 Å². The highest BCUT2D eigenvalue weighted by atomic mass is 16.5. The van der Waals surface area contributed by atoms with Crippen LogP contribution in [-0.4, -0.2) is 37.4 Å². The molecule has 0 aliphatic carbocycles. The van der Waals surface area contributed by atoms with E-state index in [1.165, 1.54) is 18.2 Å². The summed E-state index contributed by atoms with van der Waals surface area (Å²) in [5.74, 6) is -1.71. The highest BCUT2D eigenvalue weighted by Gasteiger charge is 2.51. The molecule has 0 saturated heterocycles. The Hall–Kier alpha value is -2.93. The minimum absolute atomic E-state index is 0.0405. The molecule has 25 heavy (non-hydrogen) atoms. The maximum atomic E-state index is 12.7. The number of fused-ring (bicyclic) bond motifs is 1. The fraction of sp³-hybridized carbons (Fsp3) is 0.278. The number of aromatic hydroxyl groups is 4. The summed E-state index contributed by atoms with van der Waals surface area (Å²) < 4.78 is 5.81. The van der Waals surface area contributed by atoms with Crippen molar-refractivity contribution in [1.29, 1.82) is 0 Å². The molecule has 0 fully saturated rings. The van der Waals surface area contributed by atoms with Crippen molar-refractivity contribution >= 4 is 5.78 Å². The summed E-state index contributed by atoms with van der Waals surface area (Å²) in [4.78, 5) is 12.7. The van der Waals surface area contributed by atoms with Crippen molar-refractivity contribution in [3.05, 3.63) is 41.5 Å². The van der Waals surface area contributed by atoms with Crippen LogP contribution in [0.1, 0.15) is 24.5 Å². The van der Waals surface area contributed by atoms with Gasteiger partial charge in [-0.05, 0) is 12.1 Å². The third kappa shape index (κ3) is 2.53. The number of carbonyl (C=O) groups is 1. The van der Waals surface area contributed by atoms with Crippen molar-refractivity contribution in [2.75, 3.05) is 0 Å². The molecule has 2 aromatic rings. The summed E-state index contributed by atoms with van der Waals surface area (Å²) >= 11 is 0. The van der Waals surface area contributed by atoms with E-state index in [-0.39, 0.29) is 47.0 Å². The van der Waals surface area contributed by atoms with Crippen LogP contribution in [0.5, 0.6) is 28.7 Å². The van der Waals surface area contributed by atoms with Gasteiger partial charge in [0.1, 0.15) is 23.4 Å². The number of ether oxygens (including phenoxy) is 1. The molecule has 0 aromatic heterocycles. The van der Waals surface area contributed by atoms with Crippen LogP contribution in [0.25, 0.3) is 0 Å². The Morgan fingerprint density at radius 3 is 2.48 bits per heavy atom. The molecular formula is C18H18O7. The zero-order valence-electron chi connectivity index (χ0n) is 13.4. The molecule has 0 amide bonds. The lowest BCUT2D eigenvalue weighted by molar-refractivity contribution is -0.149. The molecule has 1 aliphatic rings. The van der Waals surface area contributed by atoms with Gasteiger partial charge in [0.25, 0.3) is 0 Å². The van der Waals surface area contributed by atoms with E-state index in [4.69, 9.17) is 4.74 Å². The molecule has 1 heterocycles. The van der Waals surface area contributed by atoms with Gasteiger partial charge < -0.3 is 30.3 Å². The lowest BCUT2D eigenvalue weighted by Crippen LogP contribution is -2.54. The Morgan fingerprint density at radius 1 is 1.12 bits per heavy atom. The van der Waals surface area contributed by atoms with Gasteiger partial charge in [0.15, 0.2) is 17.3 Å². The molecule has 2 unspecified atom stereocenters. The average Bonchev–Trinajstić information content (AvgIpc) is 2.57. The summed E-state index contributed by atoms with van der Waals surface area (Å²) in [6.07, 6.45) is -1.39. The van der Waals surface area contributed by atoms with Gasteiger partial charge in [-0.3, -0.25) is 4.79 Å². The van der Waals surface area contributed by atoms with Crippen molar-refractivity contribution in [3.63, 3.8) is 0 Å². The number of hydrogen-bond acceptors (Lipinski definition) is 7. The average molecular weight is 346 g/mol. The van der Waals surface area contributed by atoms with Crippen LogP contribution in [-0.2, 0) is 16.8 Å². The van der Waals surface area contributed by atoms with Crippen LogP contribution >= 0.6 is 0 Å². The first-order valence-corrected chi connectivity index (χ1v) is 7.77. The van der Waals surface area contributed by atoms with Gasteiger partial charge in [-0.25, -0.2) is 0 Å². The molecule has 1 aliphatic heterocycles. The molecule has 7 heteroatoms. The monoisotopic (exact) mass is 346 g/mol. The molecule has 0 bridgehead atoms. The largest absolute Gasteiger partial charge is 0.508 e. The number of phenols is 4. The van der Waals surface area contributed by atoms with E-state index in [1.807, 2.05) is 0 Å². The van der Waals surface area contributed by atoms with Gasteiger partial charge in [0.2, 0.25) is 5.60 Å². The Labute approximate surface area is 143 Å². The zero-order valence-corrected chi connectivity index (χ0v) is 13.4. The fourth-order valence-corrected chi connectivity index (χ4v) is 3.16. The number of rotatable bonds is 3. The van der Waals surface area contributed by atoms with Crippen LogP contribution in [0.2, 0.25) is 0 Å². The molecule has 0 spiro atoms.